The van der Waals surface area contributed by atoms with Gasteiger partial charge in [-0.1, -0.05) is 158 Å². The molecule has 0 bridgehead atoms. The fourth-order valence-corrected chi connectivity index (χ4v) is 7.54. The van der Waals surface area contributed by atoms with E-state index < -0.39 is 0 Å². The van der Waals surface area contributed by atoms with Crippen LogP contribution in [0.15, 0.2) is 182 Å². The Morgan fingerprint density at radius 2 is 1.00 bits per heavy atom. The monoisotopic (exact) mass is 599 g/mol. The average molecular weight is 600 g/mol. The predicted octanol–water partition coefficient (Wildman–Crippen LogP) is 12.1. The minimum Gasteiger partial charge on any atom is -0.309 e. The molecule has 1 heteroatoms. The molecule has 0 N–H and O–H groups in total. The highest BCUT2D eigenvalue weighted by Crippen LogP contribution is 2.41. The second kappa shape index (κ2) is 11.5. The summed E-state index contributed by atoms with van der Waals surface area (Å²) in [7, 11) is 0. The maximum Gasteiger partial charge on any atom is 0.0550 e. The largest absolute Gasteiger partial charge is 0.309 e. The van der Waals surface area contributed by atoms with Gasteiger partial charge in [0, 0.05) is 22.4 Å². The third-order valence-electron chi connectivity index (χ3n) is 9.80. The Morgan fingerprint density at radius 3 is 1.79 bits per heavy atom. The van der Waals surface area contributed by atoms with Crippen LogP contribution in [0.1, 0.15) is 22.6 Å². The molecule has 0 aliphatic rings. The lowest BCUT2D eigenvalue weighted by Crippen LogP contribution is -2.06. The van der Waals surface area contributed by atoms with Gasteiger partial charge in [-0.3, -0.25) is 0 Å². The third kappa shape index (κ3) is 4.80. The Kier molecular flexibility index (Phi) is 6.68. The van der Waals surface area contributed by atoms with Gasteiger partial charge in [-0.15, -0.1) is 0 Å². The van der Waals surface area contributed by atoms with E-state index in [0.29, 0.717) is 0 Å². The molecule has 1 atom stereocenters. The first-order chi connectivity index (χ1) is 23.3. The van der Waals surface area contributed by atoms with E-state index in [2.05, 4.69) is 187 Å². The van der Waals surface area contributed by atoms with Crippen LogP contribution in [0.3, 0.4) is 0 Å². The molecule has 0 saturated carbocycles. The van der Waals surface area contributed by atoms with E-state index in [4.69, 9.17) is 0 Å². The normalized spacial score (nSPS) is 12.3. The van der Waals surface area contributed by atoms with E-state index >= 15 is 0 Å². The highest BCUT2D eigenvalue weighted by Gasteiger charge is 2.21. The highest BCUT2D eigenvalue weighted by atomic mass is 15.0. The number of rotatable bonds is 6. The first kappa shape index (κ1) is 27.4. The molecule has 0 amide bonds. The van der Waals surface area contributed by atoms with Crippen molar-refractivity contribution in [2.24, 2.45) is 0 Å². The molecule has 0 aliphatic carbocycles. The molecule has 1 heterocycles. The molecule has 0 fully saturated rings. The van der Waals surface area contributed by atoms with Gasteiger partial charge in [-0.05, 0) is 80.0 Å². The Balaban J connectivity index is 1.26. The van der Waals surface area contributed by atoms with E-state index in [-0.39, 0.29) is 5.92 Å². The zero-order valence-electron chi connectivity index (χ0n) is 26.1. The summed E-state index contributed by atoms with van der Waals surface area (Å²) in [4.78, 5) is 0. The minimum absolute atomic E-state index is 0.180. The molecule has 1 aromatic heterocycles. The third-order valence-corrected chi connectivity index (χ3v) is 9.80. The topological polar surface area (TPSA) is 4.93 Å². The second-order valence-electron chi connectivity index (χ2n) is 12.5. The molecule has 0 aliphatic heterocycles. The van der Waals surface area contributed by atoms with Gasteiger partial charge in [0.2, 0.25) is 0 Å². The van der Waals surface area contributed by atoms with Crippen LogP contribution in [-0.4, -0.2) is 4.57 Å². The fraction of sp³-hybridized carbons (Fsp3) is 0.0435. The van der Waals surface area contributed by atoms with Crippen molar-refractivity contribution in [3.05, 3.63) is 199 Å². The summed E-state index contributed by atoms with van der Waals surface area (Å²) < 4.78 is 2.44. The summed E-state index contributed by atoms with van der Waals surface area (Å²) in [6.45, 7) is 0. The van der Waals surface area contributed by atoms with Gasteiger partial charge in [0.25, 0.3) is 0 Å². The van der Waals surface area contributed by atoms with Gasteiger partial charge < -0.3 is 4.57 Å². The zero-order chi connectivity index (χ0) is 31.2. The molecule has 0 saturated heterocycles. The van der Waals surface area contributed by atoms with Gasteiger partial charge in [0.15, 0.2) is 0 Å². The van der Waals surface area contributed by atoms with Gasteiger partial charge in [0.1, 0.15) is 0 Å². The molecule has 9 aromatic rings. The summed E-state index contributed by atoms with van der Waals surface area (Å²) in [6, 6.07) is 66.7. The molecule has 9 rings (SSSR count). The van der Waals surface area contributed by atoms with Crippen molar-refractivity contribution in [1.82, 2.24) is 4.57 Å². The lowest BCUT2D eigenvalue weighted by molar-refractivity contribution is 0.812. The number of hydrogen-bond donors (Lipinski definition) is 0. The van der Waals surface area contributed by atoms with E-state index in [1.54, 1.807) is 0 Å². The number of fused-ring (bicyclic) bond motifs is 6. The minimum atomic E-state index is 0.180. The number of hydrogen-bond acceptors (Lipinski definition) is 0. The molecule has 0 unspecified atom stereocenters. The van der Waals surface area contributed by atoms with E-state index in [0.717, 1.165) is 6.42 Å². The van der Waals surface area contributed by atoms with Gasteiger partial charge >= 0.3 is 0 Å². The summed E-state index contributed by atoms with van der Waals surface area (Å²) >= 11 is 0. The molecule has 0 radical (unpaired) electrons. The van der Waals surface area contributed by atoms with E-state index in [1.807, 2.05) is 0 Å². The van der Waals surface area contributed by atoms with Crippen LogP contribution in [0.2, 0.25) is 0 Å². The van der Waals surface area contributed by atoms with Crippen LogP contribution in [0.4, 0.5) is 0 Å². The standard InChI is InChI=1S/C46H33N/c1-3-13-32(14-4-1)34-23-26-35(27-24-34)43(37-28-25-33-15-7-8-16-36(33)29-37)30-38-31-45-46(41-20-10-9-19-40(38)41)42-21-11-12-22-44(42)47(45)39-17-5-2-6-18-39/h1-29,31,43H,30H2/t43-/m0/s1. The van der Waals surface area contributed by atoms with Gasteiger partial charge in [-0.25, -0.2) is 0 Å². The average Bonchev–Trinajstić information content (AvgIpc) is 3.48. The molecule has 47 heavy (non-hydrogen) atoms. The first-order valence-corrected chi connectivity index (χ1v) is 16.5. The van der Waals surface area contributed by atoms with Crippen LogP contribution in [-0.2, 0) is 6.42 Å². The molecular weight excluding hydrogens is 567 g/mol. The summed E-state index contributed by atoms with van der Waals surface area (Å²) in [5, 5.41) is 7.79. The maximum atomic E-state index is 2.47. The molecule has 222 valence electrons. The number of nitrogens with zero attached hydrogens (tertiary/aromatic N) is 1. The van der Waals surface area contributed by atoms with Crippen LogP contribution in [0, 0.1) is 0 Å². The summed E-state index contributed by atoms with van der Waals surface area (Å²) in [5.41, 5.74) is 10.2. The van der Waals surface area contributed by atoms with Crippen molar-refractivity contribution in [1.29, 1.82) is 0 Å². The predicted molar refractivity (Wildman–Crippen MR) is 200 cm³/mol. The Labute approximate surface area is 275 Å². The zero-order valence-corrected chi connectivity index (χ0v) is 26.1. The van der Waals surface area contributed by atoms with E-state index in [1.165, 1.54) is 76.9 Å². The van der Waals surface area contributed by atoms with Crippen molar-refractivity contribution in [3.63, 3.8) is 0 Å². The molecule has 1 nitrogen and oxygen atoms in total. The second-order valence-corrected chi connectivity index (χ2v) is 12.5. The van der Waals surface area contributed by atoms with Crippen molar-refractivity contribution in [2.75, 3.05) is 0 Å². The molecule has 0 spiro atoms. The fourth-order valence-electron chi connectivity index (χ4n) is 7.54. The van der Waals surface area contributed by atoms with Gasteiger partial charge in [0.05, 0.1) is 11.0 Å². The molecule has 8 aromatic carbocycles. The Morgan fingerprint density at radius 1 is 0.404 bits per heavy atom. The summed E-state index contributed by atoms with van der Waals surface area (Å²) in [6.07, 6.45) is 0.885. The van der Waals surface area contributed by atoms with Crippen LogP contribution in [0.25, 0.3) is 60.2 Å². The van der Waals surface area contributed by atoms with E-state index in [9.17, 15) is 0 Å². The Hall–Kier alpha value is -5.92. The van der Waals surface area contributed by atoms with Crippen molar-refractivity contribution in [3.8, 4) is 16.8 Å². The summed E-state index contributed by atoms with van der Waals surface area (Å²) in [5.74, 6) is 0.180. The smallest absolute Gasteiger partial charge is 0.0550 e. The highest BCUT2D eigenvalue weighted by molar-refractivity contribution is 6.22. The number of benzene rings is 8. The lowest BCUT2D eigenvalue weighted by Gasteiger charge is -2.21. The van der Waals surface area contributed by atoms with Crippen molar-refractivity contribution >= 4 is 43.4 Å². The lowest BCUT2D eigenvalue weighted by atomic mass is 9.83. The molecular formula is C46H33N. The van der Waals surface area contributed by atoms with Crippen LogP contribution >= 0.6 is 0 Å². The number of aromatic nitrogens is 1. The first-order valence-electron chi connectivity index (χ1n) is 16.5. The van der Waals surface area contributed by atoms with Crippen molar-refractivity contribution in [2.45, 2.75) is 12.3 Å². The maximum absolute atomic E-state index is 2.47. The SMILES string of the molecule is c1ccc(-c2ccc([C@H](Cc3cc4c(c5ccccc35)c3ccccc3n4-c3ccccc3)c3ccc4ccccc4c3)cc2)cc1. The number of para-hydroxylation sites is 2. The van der Waals surface area contributed by atoms with Gasteiger partial charge in [-0.2, -0.15) is 0 Å². The Bertz CT molecular complexity index is 2520. The quantitative estimate of drug-likeness (QED) is 0.179. The van der Waals surface area contributed by atoms with Crippen molar-refractivity contribution < 1.29 is 0 Å². The van der Waals surface area contributed by atoms with Crippen LogP contribution in [0.5, 0.6) is 0 Å². The van der Waals surface area contributed by atoms with Crippen LogP contribution < -0.4 is 0 Å².